The van der Waals surface area contributed by atoms with Crippen LogP contribution < -0.4 is 10.2 Å². The monoisotopic (exact) mass is 265 g/mol. The first-order valence-corrected chi connectivity index (χ1v) is 7.26. The molecule has 0 amide bonds. The van der Waals surface area contributed by atoms with Crippen LogP contribution in [-0.4, -0.2) is 40.9 Å². The first kappa shape index (κ1) is 14.3. The van der Waals surface area contributed by atoms with Gasteiger partial charge in [0, 0.05) is 32.1 Å². The zero-order valence-electron chi connectivity index (χ0n) is 12.8. The second-order valence-corrected chi connectivity index (χ2v) is 6.85. The normalized spacial score (nSPS) is 22.6. The number of rotatable bonds is 3. The highest BCUT2D eigenvalue weighted by Crippen LogP contribution is 2.27. The van der Waals surface area contributed by atoms with Crippen molar-refractivity contribution in [2.24, 2.45) is 11.3 Å². The Morgan fingerprint density at radius 2 is 2.16 bits per heavy atom. The molecule has 0 aromatic carbocycles. The van der Waals surface area contributed by atoms with Gasteiger partial charge < -0.3 is 10.2 Å². The van der Waals surface area contributed by atoms with Gasteiger partial charge in [0.05, 0.1) is 0 Å². The van der Waals surface area contributed by atoms with E-state index >= 15 is 0 Å². The SMILES string of the molecule is CC1CN(c2n[nH]c(CC(C)C(C)(C)C)n2)CCN1. The van der Waals surface area contributed by atoms with Crippen LogP contribution in [0, 0.1) is 11.3 Å². The van der Waals surface area contributed by atoms with Crippen molar-refractivity contribution in [2.75, 3.05) is 24.5 Å². The summed E-state index contributed by atoms with van der Waals surface area (Å²) in [4.78, 5) is 6.91. The fourth-order valence-electron chi connectivity index (χ4n) is 2.23. The lowest BCUT2D eigenvalue weighted by Gasteiger charge is -2.30. The van der Waals surface area contributed by atoms with E-state index in [9.17, 15) is 0 Å². The van der Waals surface area contributed by atoms with Gasteiger partial charge in [0.1, 0.15) is 5.82 Å². The lowest BCUT2D eigenvalue weighted by atomic mass is 9.80. The molecule has 19 heavy (non-hydrogen) atoms. The average Bonchev–Trinajstić information content (AvgIpc) is 2.76. The summed E-state index contributed by atoms with van der Waals surface area (Å²) in [6.07, 6.45) is 0.956. The molecule has 0 aliphatic carbocycles. The molecule has 5 nitrogen and oxygen atoms in total. The molecule has 0 saturated carbocycles. The molecule has 0 radical (unpaired) electrons. The van der Waals surface area contributed by atoms with E-state index in [1.54, 1.807) is 0 Å². The first-order chi connectivity index (χ1) is 8.86. The van der Waals surface area contributed by atoms with Crippen molar-refractivity contribution in [3.8, 4) is 0 Å². The van der Waals surface area contributed by atoms with Crippen LogP contribution in [0.15, 0.2) is 0 Å². The molecule has 1 saturated heterocycles. The summed E-state index contributed by atoms with van der Waals surface area (Å²) < 4.78 is 0. The molecule has 108 valence electrons. The van der Waals surface area contributed by atoms with Crippen molar-refractivity contribution in [3.05, 3.63) is 5.82 Å². The molecular weight excluding hydrogens is 238 g/mol. The van der Waals surface area contributed by atoms with Gasteiger partial charge in [-0.05, 0) is 18.3 Å². The molecule has 1 aromatic rings. The predicted molar refractivity (Wildman–Crippen MR) is 78.4 cm³/mol. The Bertz CT molecular complexity index is 406. The number of nitrogens with one attached hydrogen (secondary N) is 2. The molecular formula is C14H27N5. The van der Waals surface area contributed by atoms with Crippen LogP contribution in [0.25, 0.3) is 0 Å². The summed E-state index contributed by atoms with van der Waals surface area (Å²) in [5.74, 6) is 2.43. The van der Waals surface area contributed by atoms with Crippen molar-refractivity contribution < 1.29 is 0 Å². The average molecular weight is 265 g/mol. The van der Waals surface area contributed by atoms with Gasteiger partial charge in [0.15, 0.2) is 0 Å². The minimum atomic E-state index is 0.302. The van der Waals surface area contributed by atoms with Gasteiger partial charge in [-0.3, -0.25) is 5.10 Å². The van der Waals surface area contributed by atoms with Gasteiger partial charge in [0.25, 0.3) is 0 Å². The maximum atomic E-state index is 4.65. The second-order valence-electron chi connectivity index (χ2n) is 6.85. The lowest BCUT2D eigenvalue weighted by Crippen LogP contribution is -2.49. The summed E-state index contributed by atoms with van der Waals surface area (Å²) in [7, 11) is 0. The van der Waals surface area contributed by atoms with E-state index in [2.05, 4.69) is 60.0 Å². The maximum absolute atomic E-state index is 4.65. The quantitative estimate of drug-likeness (QED) is 0.875. The molecule has 5 heteroatoms. The highest BCUT2D eigenvalue weighted by atomic mass is 15.4. The molecule has 1 fully saturated rings. The fourth-order valence-corrected chi connectivity index (χ4v) is 2.23. The summed E-state index contributed by atoms with van der Waals surface area (Å²) >= 11 is 0. The largest absolute Gasteiger partial charge is 0.337 e. The number of hydrogen-bond acceptors (Lipinski definition) is 4. The highest BCUT2D eigenvalue weighted by molar-refractivity contribution is 5.30. The summed E-state index contributed by atoms with van der Waals surface area (Å²) in [6.45, 7) is 14.2. The van der Waals surface area contributed by atoms with E-state index in [0.717, 1.165) is 37.8 Å². The Morgan fingerprint density at radius 3 is 2.79 bits per heavy atom. The van der Waals surface area contributed by atoms with Gasteiger partial charge in [-0.15, -0.1) is 5.10 Å². The second kappa shape index (κ2) is 5.49. The van der Waals surface area contributed by atoms with Crippen molar-refractivity contribution in [3.63, 3.8) is 0 Å². The fraction of sp³-hybridized carbons (Fsp3) is 0.857. The van der Waals surface area contributed by atoms with E-state index in [0.29, 0.717) is 17.4 Å². The van der Waals surface area contributed by atoms with Gasteiger partial charge >= 0.3 is 0 Å². The van der Waals surface area contributed by atoms with Crippen LogP contribution in [0.4, 0.5) is 5.95 Å². The van der Waals surface area contributed by atoms with Crippen LogP contribution >= 0.6 is 0 Å². The van der Waals surface area contributed by atoms with Gasteiger partial charge in [-0.2, -0.15) is 4.98 Å². The number of aromatic amines is 1. The van der Waals surface area contributed by atoms with E-state index in [1.165, 1.54) is 0 Å². The number of anilines is 1. The van der Waals surface area contributed by atoms with Crippen molar-refractivity contribution in [1.82, 2.24) is 20.5 Å². The van der Waals surface area contributed by atoms with Crippen LogP contribution in [0.2, 0.25) is 0 Å². The molecule has 0 spiro atoms. The van der Waals surface area contributed by atoms with Gasteiger partial charge in [0.2, 0.25) is 5.95 Å². The Morgan fingerprint density at radius 1 is 1.42 bits per heavy atom. The molecule has 1 aliphatic heterocycles. The topological polar surface area (TPSA) is 56.8 Å². The maximum Gasteiger partial charge on any atom is 0.244 e. The van der Waals surface area contributed by atoms with Crippen molar-refractivity contribution >= 4 is 5.95 Å². The molecule has 1 aromatic heterocycles. The summed E-state index contributed by atoms with van der Waals surface area (Å²) in [6, 6.07) is 0.504. The third kappa shape index (κ3) is 3.69. The number of aromatic nitrogens is 3. The van der Waals surface area contributed by atoms with Crippen LogP contribution in [0.1, 0.15) is 40.4 Å². The van der Waals surface area contributed by atoms with E-state index < -0.39 is 0 Å². The van der Waals surface area contributed by atoms with Crippen molar-refractivity contribution in [2.45, 2.75) is 47.1 Å². The number of nitrogens with zero attached hydrogens (tertiary/aromatic N) is 3. The Balaban J connectivity index is 1.99. The van der Waals surface area contributed by atoms with Crippen molar-refractivity contribution in [1.29, 1.82) is 0 Å². The number of hydrogen-bond donors (Lipinski definition) is 2. The molecule has 2 heterocycles. The van der Waals surface area contributed by atoms with E-state index in [1.807, 2.05) is 0 Å². The molecule has 0 bridgehead atoms. The zero-order chi connectivity index (χ0) is 14.0. The molecule has 2 N–H and O–H groups in total. The summed E-state index contributed by atoms with van der Waals surface area (Å²) in [5, 5.41) is 10.9. The molecule has 2 unspecified atom stereocenters. The van der Waals surface area contributed by atoms with Crippen LogP contribution in [-0.2, 0) is 6.42 Å². The molecule has 2 atom stereocenters. The summed E-state index contributed by atoms with van der Waals surface area (Å²) in [5.41, 5.74) is 0.302. The Labute approximate surface area is 116 Å². The molecule has 1 aliphatic rings. The highest BCUT2D eigenvalue weighted by Gasteiger charge is 2.23. The minimum Gasteiger partial charge on any atom is -0.337 e. The first-order valence-electron chi connectivity index (χ1n) is 7.26. The predicted octanol–water partition coefficient (Wildman–Crippen LogP) is 1.83. The van der Waals surface area contributed by atoms with Gasteiger partial charge in [-0.1, -0.05) is 27.7 Å². The smallest absolute Gasteiger partial charge is 0.244 e. The van der Waals surface area contributed by atoms with E-state index in [-0.39, 0.29) is 0 Å². The zero-order valence-corrected chi connectivity index (χ0v) is 12.8. The third-order valence-electron chi connectivity index (χ3n) is 4.15. The number of H-pyrrole nitrogens is 1. The standard InChI is InChI=1S/C14H27N5/c1-10(14(3,4)5)8-12-16-13(18-17-12)19-7-6-15-11(2)9-19/h10-11,15H,6-9H2,1-5H3,(H,16,17,18). The number of piperazine rings is 1. The minimum absolute atomic E-state index is 0.302. The van der Waals surface area contributed by atoms with Crippen LogP contribution in [0.3, 0.4) is 0 Å². The van der Waals surface area contributed by atoms with Gasteiger partial charge in [-0.25, -0.2) is 0 Å². The lowest BCUT2D eigenvalue weighted by molar-refractivity contribution is 0.257. The Kier molecular flexibility index (Phi) is 4.13. The molecule has 2 rings (SSSR count). The van der Waals surface area contributed by atoms with E-state index in [4.69, 9.17) is 0 Å². The third-order valence-corrected chi connectivity index (χ3v) is 4.15. The Hall–Kier alpha value is -1.10. The van der Waals surface area contributed by atoms with Crippen LogP contribution in [0.5, 0.6) is 0 Å².